The van der Waals surface area contributed by atoms with E-state index >= 15 is 0 Å². The molecular weight excluding hydrogens is 128 g/mol. The highest BCUT2D eigenvalue weighted by molar-refractivity contribution is 6.72. The molecule has 1 nitrogen and oxygen atoms in total. The van der Waals surface area contributed by atoms with Crippen molar-refractivity contribution in [2.45, 2.75) is 39.4 Å². The van der Waals surface area contributed by atoms with E-state index in [0.29, 0.717) is 0 Å². The Morgan fingerprint density at radius 2 is 1.78 bits per heavy atom. The molecule has 0 aromatic rings. The van der Waals surface area contributed by atoms with E-state index in [1.165, 1.54) is 0 Å². The Hall–Kier alpha value is 0.177. The summed E-state index contributed by atoms with van der Waals surface area (Å²) in [4.78, 5) is 0. The second-order valence-corrected chi connectivity index (χ2v) is 7.84. The lowest BCUT2D eigenvalue weighted by Crippen LogP contribution is -2.33. The van der Waals surface area contributed by atoms with Crippen molar-refractivity contribution in [2.24, 2.45) is 0 Å². The van der Waals surface area contributed by atoms with Crippen LogP contribution in [0.1, 0.15) is 20.8 Å². The van der Waals surface area contributed by atoms with E-state index in [2.05, 4.69) is 33.9 Å². The van der Waals surface area contributed by atoms with Gasteiger partial charge in [-0.1, -0.05) is 13.8 Å². The van der Waals surface area contributed by atoms with Gasteiger partial charge in [-0.25, -0.2) is 0 Å². The van der Waals surface area contributed by atoms with Gasteiger partial charge in [0.1, 0.15) is 0 Å². The molecule has 0 radical (unpaired) electrons. The first-order valence-electron chi connectivity index (χ1n) is 3.64. The molecule has 0 aliphatic carbocycles. The minimum Gasteiger partial charge on any atom is -0.417 e. The van der Waals surface area contributed by atoms with Crippen molar-refractivity contribution in [1.82, 2.24) is 0 Å². The predicted molar refractivity (Wildman–Crippen MR) is 44.2 cm³/mol. The third kappa shape index (κ3) is 3.01. The Bertz CT molecular complexity index is 79.0. The van der Waals surface area contributed by atoms with Crippen molar-refractivity contribution in [3.8, 4) is 0 Å². The van der Waals surface area contributed by atoms with Crippen LogP contribution in [-0.2, 0) is 4.43 Å². The average Bonchev–Trinajstić information content (AvgIpc) is 1.65. The van der Waals surface area contributed by atoms with E-state index in [-0.39, 0.29) is 0 Å². The molecule has 0 aliphatic rings. The molecule has 0 aromatic carbocycles. The van der Waals surface area contributed by atoms with Gasteiger partial charge in [0.25, 0.3) is 0 Å². The summed E-state index contributed by atoms with van der Waals surface area (Å²) < 4.78 is 5.63. The van der Waals surface area contributed by atoms with Crippen molar-refractivity contribution in [3.63, 3.8) is 0 Å². The molecule has 0 atom stereocenters. The molecule has 2 heteroatoms. The monoisotopic (exact) mass is 146 g/mol. The molecule has 0 aliphatic heterocycles. The topological polar surface area (TPSA) is 9.23 Å². The van der Waals surface area contributed by atoms with Crippen LogP contribution < -0.4 is 0 Å². The second kappa shape index (κ2) is 3.37. The zero-order valence-electron chi connectivity index (χ0n) is 7.19. The minimum atomic E-state index is -1.28. The maximum absolute atomic E-state index is 5.63. The van der Waals surface area contributed by atoms with Crippen LogP contribution in [0.4, 0.5) is 0 Å². The van der Waals surface area contributed by atoms with E-state index in [9.17, 15) is 0 Å². The zero-order valence-corrected chi connectivity index (χ0v) is 8.19. The van der Waals surface area contributed by atoms with Crippen LogP contribution in [0.2, 0.25) is 18.6 Å². The molecule has 56 valence electrons. The van der Waals surface area contributed by atoms with Crippen LogP contribution in [0.15, 0.2) is 0 Å². The molecule has 0 heterocycles. The van der Waals surface area contributed by atoms with Crippen molar-refractivity contribution in [2.75, 3.05) is 6.61 Å². The summed E-state index contributed by atoms with van der Waals surface area (Å²) in [6.45, 7) is 11.9. The lowest BCUT2D eigenvalue weighted by molar-refractivity contribution is 0.323. The Labute approximate surface area is 59.5 Å². The molecule has 0 fully saturated rings. The molecule has 0 unspecified atom stereocenters. The molecular formula is C7H18OSi. The SMILES string of the molecule is CCO[Si](C)(C)C(C)C. The standard InChI is InChI=1S/C7H18OSi/c1-6-8-9(4,5)7(2)3/h7H,6H2,1-5H3. The van der Waals surface area contributed by atoms with Crippen molar-refractivity contribution in [3.05, 3.63) is 0 Å². The largest absolute Gasteiger partial charge is 0.417 e. The molecule has 0 spiro atoms. The van der Waals surface area contributed by atoms with E-state index in [1.807, 2.05) is 0 Å². The first-order valence-corrected chi connectivity index (χ1v) is 6.63. The summed E-state index contributed by atoms with van der Waals surface area (Å²) in [6, 6.07) is 0. The van der Waals surface area contributed by atoms with Crippen LogP contribution in [0, 0.1) is 0 Å². The second-order valence-electron chi connectivity index (χ2n) is 3.19. The molecule has 9 heavy (non-hydrogen) atoms. The molecule has 0 bridgehead atoms. The van der Waals surface area contributed by atoms with Crippen molar-refractivity contribution < 1.29 is 4.43 Å². The molecule has 0 N–H and O–H groups in total. The number of rotatable bonds is 3. The Balaban J connectivity index is 3.70. The quantitative estimate of drug-likeness (QED) is 0.556. The zero-order chi connectivity index (χ0) is 7.49. The fraction of sp³-hybridized carbons (Fsp3) is 1.00. The van der Waals surface area contributed by atoms with Gasteiger partial charge >= 0.3 is 0 Å². The van der Waals surface area contributed by atoms with Gasteiger partial charge in [0.15, 0.2) is 8.32 Å². The summed E-state index contributed by atoms with van der Waals surface area (Å²) in [5, 5.41) is 0. The van der Waals surface area contributed by atoms with Gasteiger partial charge in [-0.15, -0.1) is 0 Å². The van der Waals surface area contributed by atoms with E-state index in [1.54, 1.807) is 0 Å². The average molecular weight is 146 g/mol. The van der Waals surface area contributed by atoms with Gasteiger partial charge in [-0.2, -0.15) is 0 Å². The van der Waals surface area contributed by atoms with Gasteiger partial charge in [0.05, 0.1) is 0 Å². The van der Waals surface area contributed by atoms with Gasteiger partial charge < -0.3 is 4.43 Å². The first kappa shape index (κ1) is 9.18. The Morgan fingerprint density at radius 3 is 1.89 bits per heavy atom. The third-order valence-corrected chi connectivity index (χ3v) is 5.72. The summed E-state index contributed by atoms with van der Waals surface area (Å²) in [5.41, 5.74) is 0.734. The summed E-state index contributed by atoms with van der Waals surface area (Å²) in [5.74, 6) is 0. The van der Waals surface area contributed by atoms with E-state index in [4.69, 9.17) is 4.43 Å². The normalized spacial score (nSPS) is 12.7. The summed E-state index contributed by atoms with van der Waals surface area (Å²) >= 11 is 0. The van der Waals surface area contributed by atoms with Crippen LogP contribution in [0.5, 0.6) is 0 Å². The van der Waals surface area contributed by atoms with Crippen LogP contribution in [0.25, 0.3) is 0 Å². The highest BCUT2D eigenvalue weighted by Gasteiger charge is 2.25. The lowest BCUT2D eigenvalue weighted by atomic mass is 10.6. The highest BCUT2D eigenvalue weighted by Crippen LogP contribution is 2.20. The highest BCUT2D eigenvalue weighted by atomic mass is 28.4. The smallest absolute Gasteiger partial charge is 0.189 e. The van der Waals surface area contributed by atoms with Crippen LogP contribution in [0.3, 0.4) is 0 Å². The molecule has 0 aromatic heterocycles. The molecule has 0 saturated carbocycles. The lowest BCUT2D eigenvalue weighted by Gasteiger charge is -2.25. The summed E-state index contributed by atoms with van der Waals surface area (Å²) in [7, 11) is -1.28. The van der Waals surface area contributed by atoms with Crippen LogP contribution >= 0.6 is 0 Å². The molecule has 0 rings (SSSR count). The van der Waals surface area contributed by atoms with Gasteiger partial charge in [-0.05, 0) is 25.6 Å². The Kier molecular flexibility index (Phi) is 3.44. The molecule has 0 saturated heterocycles. The van der Waals surface area contributed by atoms with E-state index in [0.717, 1.165) is 12.1 Å². The predicted octanol–water partition coefficient (Wildman–Crippen LogP) is 2.64. The maximum Gasteiger partial charge on any atom is 0.189 e. The van der Waals surface area contributed by atoms with Crippen molar-refractivity contribution in [1.29, 1.82) is 0 Å². The fourth-order valence-electron chi connectivity index (χ4n) is 0.539. The molecule has 0 amide bonds. The fourth-order valence-corrected chi connectivity index (χ4v) is 1.62. The van der Waals surface area contributed by atoms with Gasteiger partial charge in [0.2, 0.25) is 0 Å². The third-order valence-electron chi connectivity index (χ3n) is 1.91. The number of hydrogen-bond acceptors (Lipinski definition) is 1. The maximum atomic E-state index is 5.63. The summed E-state index contributed by atoms with van der Waals surface area (Å²) in [6.07, 6.45) is 0. The first-order chi connectivity index (χ1) is 4.00. The van der Waals surface area contributed by atoms with Crippen LogP contribution in [-0.4, -0.2) is 14.9 Å². The van der Waals surface area contributed by atoms with Crippen molar-refractivity contribution >= 4 is 8.32 Å². The Morgan fingerprint density at radius 1 is 1.33 bits per heavy atom. The van der Waals surface area contributed by atoms with Gasteiger partial charge in [-0.3, -0.25) is 0 Å². The number of hydrogen-bond donors (Lipinski definition) is 0. The van der Waals surface area contributed by atoms with Gasteiger partial charge in [0, 0.05) is 6.61 Å². The minimum absolute atomic E-state index is 0.734. The van der Waals surface area contributed by atoms with E-state index < -0.39 is 8.32 Å².